The van der Waals surface area contributed by atoms with Gasteiger partial charge in [0, 0.05) is 38.4 Å². The van der Waals surface area contributed by atoms with Gasteiger partial charge in [-0.05, 0) is 37.4 Å². The van der Waals surface area contributed by atoms with Crippen LogP contribution in [0.4, 0.5) is 0 Å². The number of fused-ring (bicyclic) bond motifs is 1. The van der Waals surface area contributed by atoms with Gasteiger partial charge in [-0.15, -0.1) is 23.3 Å². The van der Waals surface area contributed by atoms with E-state index in [1.165, 1.54) is 11.1 Å². The monoisotopic (exact) mass is 509 g/mol. The molecule has 2 aromatic heterocycles. The summed E-state index contributed by atoms with van der Waals surface area (Å²) < 4.78 is 4.11. The summed E-state index contributed by atoms with van der Waals surface area (Å²) in [5, 5.41) is 8.55. The first-order valence-corrected chi connectivity index (χ1v) is 7.88. The van der Waals surface area contributed by atoms with Gasteiger partial charge in [0.15, 0.2) is 0 Å². The van der Waals surface area contributed by atoms with Crippen LogP contribution in [0.5, 0.6) is 0 Å². The summed E-state index contributed by atoms with van der Waals surface area (Å²) in [4.78, 5) is 4.61. The summed E-state index contributed by atoms with van der Waals surface area (Å²) in [7, 11) is 2.02. The number of hydrogen-bond donors (Lipinski definition) is 0. The van der Waals surface area contributed by atoms with Crippen molar-refractivity contribution in [3.05, 3.63) is 59.7 Å². The number of aromatic nitrogens is 5. The number of rotatable bonds is 2. The molecule has 6 heteroatoms. The Labute approximate surface area is 160 Å². The van der Waals surface area contributed by atoms with E-state index in [2.05, 4.69) is 57.9 Å². The van der Waals surface area contributed by atoms with Crippen LogP contribution in [-0.2, 0) is 27.2 Å². The fraction of sp³-hybridized carbons (Fsp3) is 0.211. The molecule has 5 nitrogen and oxygen atoms in total. The number of imidazole rings is 1. The first-order chi connectivity index (χ1) is 11.6. The number of aryl methyl sites for hydroxylation is 4. The van der Waals surface area contributed by atoms with Crippen LogP contribution < -0.4 is 0 Å². The molecule has 0 unspecified atom stereocenters. The molecule has 0 bridgehead atoms. The fourth-order valence-electron chi connectivity index (χ4n) is 3.25. The van der Waals surface area contributed by atoms with Crippen molar-refractivity contribution in [3.63, 3.8) is 0 Å². The minimum absolute atomic E-state index is 0. The Morgan fingerprint density at radius 3 is 2.48 bits per heavy atom. The van der Waals surface area contributed by atoms with Gasteiger partial charge in [0.1, 0.15) is 6.33 Å². The predicted molar refractivity (Wildman–Crippen MR) is 94.1 cm³/mol. The minimum Gasteiger partial charge on any atom is -0.371 e. The molecule has 2 heterocycles. The average molecular weight is 509 g/mol. The van der Waals surface area contributed by atoms with E-state index in [-0.39, 0.29) is 20.1 Å². The molecule has 25 heavy (non-hydrogen) atoms. The van der Waals surface area contributed by atoms with E-state index in [4.69, 9.17) is 0 Å². The van der Waals surface area contributed by atoms with Crippen molar-refractivity contribution in [3.8, 4) is 17.1 Å². The van der Waals surface area contributed by atoms with Gasteiger partial charge in [0.25, 0.3) is 0 Å². The van der Waals surface area contributed by atoms with Crippen LogP contribution >= 0.6 is 0 Å². The van der Waals surface area contributed by atoms with Crippen molar-refractivity contribution in [2.75, 3.05) is 0 Å². The van der Waals surface area contributed by atoms with E-state index >= 15 is 0 Å². The molecule has 0 fully saturated rings. The number of nitrogens with zero attached hydrogens (tertiary/aromatic N) is 5. The predicted octanol–water partition coefficient (Wildman–Crippen LogP) is 3.54. The molecule has 4 rings (SSSR count). The summed E-state index contributed by atoms with van der Waals surface area (Å²) >= 11 is 0. The van der Waals surface area contributed by atoms with E-state index in [0.29, 0.717) is 0 Å². The van der Waals surface area contributed by atoms with E-state index in [1.807, 2.05) is 30.7 Å². The maximum absolute atomic E-state index is 4.61. The molecule has 0 atom stereocenters. The van der Waals surface area contributed by atoms with Crippen molar-refractivity contribution in [2.45, 2.75) is 20.8 Å². The molecule has 0 saturated carbocycles. The topological polar surface area (TPSA) is 48.5 Å². The fourth-order valence-corrected chi connectivity index (χ4v) is 3.25. The largest absolute Gasteiger partial charge is 0.371 e. The summed E-state index contributed by atoms with van der Waals surface area (Å²) in [6.07, 6.45) is 1.76. The summed E-state index contributed by atoms with van der Waals surface area (Å²) in [6, 6.07) is 13.5. The number of benzene rings is 2. The average Bonchev–Trinajstić information content (AvgIpc) is 3.13. The zero-order valence-electron chi connectivity index (χ0n) is 14.5. The van der Waals surface area contributed by atoms with E-state index in [1.54, 1.807) is 6.33 Å². The molecule has 129 valence electrons. The Kier molecular flexibility index (Phi) is 4.58. The van der Waals surface area contributed by atoms with Crippen LogP contribution in [0.25, 0.3) is 28.1 Å². The van der Waals surface area contributed by atoms with Crippen LogP contribution in [0.2, 0.25) is 0 Å². The molecule has 0 amide bonds. The van der Waals surface area contributed by atoms with Gasteiger partial charge < -0.3 is 9.13 Å². The van der Waals surface area contributed by atoms with Crippen molar-refractivity contribution >= 4 is 11.0 Å². The van der Waals surface area contributed by atoms with Crippen LogP contribution in [0, 0.1) is 26.8 Å². The first kappa shape index (κ1) is 17.5. The van der Waals surface area contributed by atoms with Crippen LogP contribution in [0.3, 0.4) is 0 Å². The Hall–Kier alpha value is -2.30. The van der Waals surface area contributed by atoms with Gasteiger partial charge in [-0.25, -0.2) is 0 Å². The van der Waals surface area contributed by atoms with Crippen molar-refractivity contribution in [2.24, 2.45) is 7.05 Å². The van der Waals surface area contributed by atoms with Gasteiger partial charge in [-0.2, -0.15) is 5.10 Å². The summed E-state index contributed by atoms with van der Waals surface area (Å²) in [6.45, 7) is 6.20. The molecule has 1 radical (unpaired) electrons. The summed E-state index contributed by atoms with van der Waals surface area (Å²) in [5.74, 6) is 1.74. The number of para-hydroxylation sites is 1. The molecule has 0 aliphatic carbocycles. The van der Waals surface area contributed by atoms with Gasteiger partial charge >= 0.3 is 0 Å². The smallest absolute Gasteiger partial charge is 0.114 e. The molecular formula is C19H18IrN5-. The quantitative estimate of drug-likeness (QED) is 0.389. The van der Waals surface area contributed by atoms with Crippen molar-refractivity contribution in [1.82, 2.24) is 24.3 Å². The van der Waals surface area contributed by atoms with E-state index in [0.717, 1.165) is 33.9 Å². The molecule has 0 N–H and O–H groups in total. The van der Waals surface area contributed by atoms with Gasteiger partial charge in [-0.1, -0.05) is 23.8 Å². The SMILES string of the molecule is Cc1cccc(C)c1-n1cnnc1-c1[c-]ccc2nc(C)n(C)c12.[Ir]. The zero-order chi connectivity index (χ0) is 16.8. The third kappa shape index (κ3) is 2.71. The second kappa shape index (κ2) is 6.54. The maximum Gasteiger partial charge on any atom is 0.114 e. The van der Waals surface area contributed by atoms with Gasteiger partial charge in [-0.3, -0.25) is 4.98 Å². The Morgan fingerprint density at radius 2 is 1.76 bits per heavy atom. The standard InChI is InChI=1S/C19H18N5.Ir/c1-12-7-5-8-13(2)17(12)24-11-20-22-19(24)15-9-6-10-16-18(15)23(4)14(3)21-16;/h5-8,10-11H,1-4H3;/q-1;. The second-order valence-corrected chi connectivity index (χ2v) is 6.07. The molecule has 0 spiro atoms. The molecule has 4 aromatic rings. The first-order valence-electron chi connectivity index (χ1n) is 7.88. The second-order valence-electron chi connectivity index (χ2n) is 6.07. The van der Waals surface area contributed by atoms with Crippen molar-refractivity contribution < 1.29 is 20.1 Å². The zero-order valence-corrected chi connectivity index (χ0v) is 16.9. The molecule has 2 aromatic carbocycles. The van der Waals surface area contributed by atoms with Crippen LogP contribution in [0.15, 0.2) is 36.7 Å². The third-order valence-corrected chi connectivity index (χ3v) is 4.50. The Morgan fingerprint density at radius 1 is 1.04 bits per heavy atom. The Balaban J connectivity index is 0.00000182. The Bertz CT molecular complexity index is 1040. The van der Waals surface area contributed by atoms with Crippen LogP contribution in [-0.4, -0.2) is 24.3 Å². The molecule has 0 aliphatic heterocycles. The van der Waals surface area contributed by atoms with Crippen molar-refractivity contribution in [1.29, 1.82) is 0 Å². The number of hydrogen-bond acceptors (Lipinski definition) is 3. The van der Waals surface area contributed by atoms with E-state index in [9.17, 15) is 0 Å². The minimum atomic E-state index is 0. The van der Waals surface area contributed by atoms with Gasteiger partial charge in [0.2, 0.25) is 0 Å². The molecule has 0 saturated heterocycles. The normalized spacial score (nSPS) is 10.9. The maximum atomic E-state index is 4.61. The summed E-state index contributed by atoms with van der Waals surface area (Å²) in [5.41, 5.74) is 6.36. The molecular weight excluding hydrogens is 490 g/mol. The molecule has 0 aliphatic rings. The van der Waals surface area contributed by atoms with Gasteiger partial charge in [0.05, 0.1) is 11.6 Å². The van der Waals surface area contributed by atoms with E-state index < -0.39 is 0 Å². The van der Waals surface area contributed by atoms with Crippen LogP contribution in [0.1, 0.15) is 17.0 Å². The third-order valence-electron chi connectivity index (χ3n) is 4.50.